The molecule has 1 aromatic carbocycles. The number of amides is 2. The molecular weight excluding hydrogens is 372 g/mol. The maximum Gasteiger partial charge on any atom is 0.289 e. The Morgan fingerprint density at radius 1 is 1.21 bits per heavy atom. The minimum Gasteiger partial charge on any atom is -0.493 e. The van der Waals surface area contributed by atoms with Gasteiger partial charge in [0.1, 0.15) is 12.4 Å². The maximum absolute atomic E-state index is 12.8. The maximum atomic E-state index is 12.8. The van der Waals surface area contributed by atoms with E-state index in [0.29, 0.717) is 36.9 Å². The molecule has 3 rings (SSSR count). The van der Waals surface area contributed by atoms with Gasteiger partial charge in [0.05, 0.1) is 13.0 Å². The largest absolute Gasteiger partial charge is 0.493 e. The third-order valence-electron chi connectivity index (χ3n) is 4.94. The van der Waals surface area contributed by atoms with E-state index in [0.717, 1.165) is 19.3 Å². The SMILES string of the molecule is CCCNC(=O)C1CCCN(C(=O)c2ccc(COc3ccccc3OC)o2)C1. The Labute approximate surface area is 171 Å². The smallest absolute Gasteiger partial charge is 0.289 e. The van der Waals surface area contributed by atoms with Crippen molar-refractivity contribution in [1.82, 2.24) is 10.2 Å². The average molecular weight is 400 g/mol. The summed E-state index contributed by atoms with van der Waals surface area (Å²) in [6.45, 7) is 3.92. The van der Waals surface area contributed by atoms with Crippen molar-refractivity contribution in [2.45, 2.75) is 32.8 Å². The van der Waals surface area contributed by atoms with Crippen LogP contribution in [0.4, 0.5) is 0 Å². The van der Waals surface area contributed by atoms with Gasteiger partial charge in [-0.25, -0.2) is 0 Å². The van der Waals surface area contributed by atoms with Crippen molar-refractivity contribution >= 4 is 11.8 Å². The average Bonchev–Trinajstić information content (AvgIpc) is 3.24. The molecule has 0 aliphatic carbocycles. The van der Waals surface area contributed by atoms with E-state index in [1.165, 1.54) is 0 Å². The zero-order valence-corrected chi connectivity index (χ0v) is 17.0. The van der Waals surface area contributed by atoms with Crippen LogP contribution < -0.4 is 14.8 Å². The second kappa shape index (κ2) is 10.0. The molecule has 0 radical (unpaired) electrons. The lowest BCUT2D eigenvalue weighted by molar-refractivity contribution is -0.126. The molecule has 0 bridgehead atoms. The van der Waals surface area contributed by atoms with Gasteiger partial charge in [-0.15, -0.1) is 0 Å². The zero-order chi connectivity index (χ0) is 20.6. The van der Waals surface area contributed by atoms with Crippen LogP contribution >= 0.6 is 0 Å². The lowest BCUT2D eigenvalue weighted by atomic mass is 9.97. The highest BCUT2D eigenvalue weighted by molar-refractivity contribution is 5.92. The summed E-state index contributed by atoms with van der Waals surface area (Å²) >= 11 is 0. The van der Waals surface area contributed by atoms with Crippen molar-refractivity contribution in [1.29, 1.82) is 0 Å². The number of furan rings is 1. The summed E-state index contributed by atoms with van der Waals surface area (Å²) in [5.41, 5.74) is 0. The molecule has 7 heteroatoms. The van der Waals surface area contributed by atoms with Crippen LogP contribution in [-0.4, -0.2) is 43.5 Å². The fourth-order valence-electron chi connectivity index (χ4n) is 3.38. The first kappa shape index (κ1) is 20.8. The van der Waals surface area contributed by atoms with Gasteiger partial charge in [0.2, 0.25) is 5.91 Å². The number of likely N-dealkylation sites (tertiary alicyclic amines) is 1. The molecule has 1 aliphatic rings. The first-order chi connectivity index (χ1) is 14.1. The normalized spacial score (nSPS) is 16.3. The van der Waals surface area contributed by atoms with Crippen molar-refractivity contribution in [3.8, 4) is 11.5 Å². The molecule has 2 amide bonds. The minimum atomic E-state index is -0.193. The van der Waals surface area contributed by atoms with Crippen LogP contribution in [0.2, 0.25) is 0 Å². The van der Waals surface area contributed by atoms with Gasteiger partial charge < -0.3 is 24.1 Å². The van der Waals surface area contributed by atoms with Gasteiger partial charge in [-0.05, 0) is 43.5 Å². The van der Waals surface area contributed by atoms with Gasteiger partial charge >= 0.3 is 0 Å². The molecule has 1 N–H and O–H groups in total. The molecule has 7 nitrogen and oxygen atoms in total. The second-order valence-electron chi connectivity index (χ2n) is 7.09. The molecule has 0 saturated carbocycles. The Hall–Kier alpha value is -2.96. The Balaban J connectivity index is 1.58. The van der Waals surface area contributed by atoms with Gasteiger partial charge in [-0.1, -0.05) is 19.1 Å². The lowest BCUT2D eigenvalue weighted by Crippen LogP contribution is -2.45. The monoisotopic (exact) mass is 400 g/mol. The highest BCUT2D eigenvalue weighted by Crippen LogP contribution is 2.27. The van der Waals surface area contributed by atoms with E-state index < -0.39 is 0 Å². The summed E-state index contributed by atoms with van der Waals surface area (Å²) in [4.78, 5) is 26.7. The number of piperidine rings is 1. The summed E-state index contributed by atoms with van der Waals surface area (Å²) in [6, 6.07) is 10.7. The number of carbonyl (C=O) groups is 2. The van der Waals surface area contributed by atoms with Gasteiger partial charge in [-0.2, -0.15) is 0 Å². The highest BCUT2D eigenvalue weighted by atomic mass is 16.5. The third-order valence-corrected chi connectivity index (χ3v) is 4.94. The first-order valence-electron chi connectivity index (χ1n) is 10.0. The van der Waals surface area contributed by atoms with Crippen LogP contribution in [0.15, 0.2) is 40.8 Å². The predicted molar refractivity (Wildman–Crippen MR) is 108 cm³/mol. The molecule has 1 saturated heterocycles. The molecule has 2 aromatic rings. The Morgan fingerprint density at radius 2 is 2.00 bits per heavy atom. The van der Waals surface area contributed by atoms with Gasteiger partial charge in [0, 0.05) is 19.6 Å². The van der Waals surface area contributed by atoms with Crippen molar-refractivity contribution in [3.05, 3.63) is 47.9 Å². The van der Waals surface area contributed by atoms with E-state index in [4.69, 9.17) is 13.9 Å². The number of methoxy groups -OCH3 is 1. The van der Waals surface area contributed by atoms with Crippen LogP contribution in [0.25, 0.3) is 0 Å². The number of hydrogen-bond acceptors (Lipinski definition) is 5. The fourth-order valence-corrected chi connectivity index (χ4v) is 3.38. The standard InChI is InChI=1S/C22H28N2O5/c1-3-12-23-21(25)16-7-6-13-24(14-16)22(26)20-11-10-17(29-20)15-28-19-9-5-4-8-18(19)27-2/h4-5,8-11,16H,3,6-7,12-15H2,1-2H3,(H,23,25). The third kappa shape index (κ3) is 5.31. The summed E-state index contributed by atoms with van der Waals surface area (Å²) in [6.07, 6.45) is 2.50. The molecule has 2 heterocycles. The van der Waals surface area contributed by atoms with E-state index in [2.05, 4.69) is 5.32 Å². The van der Waals surface area contributed by atoms with Crippen LogP contribution in [-0.2, 0) is 11.4 Å². The van der Waals surface area contributed by atoms with Crippen LogP contribution in [0, 0.1) is 5.92 Å². The lowest BCUT2D eigenvalue weighted by Gasteiger charge is -2.31. The molecule has 1 aromatic heterocycles. The highest BCUT2D eigenvalue weighted by Gasteiger charge is 2.30. The van der Waals surface area contributed by atoms with Crippen LogP contribution in [0.1, 0.15) is 42.5 Å². The van der Waals surface area contributed by atoms with E-state index in [1.807, 2.05) is 31.2 Å². The Morgan fingerprint density at radius 3 is 2.76 bits per heavy atom. The number of hydrogen-bond donors (Lipinski definition) is 1. The van der Waals surface area contributed by atoms with Crippen molar-refractivity contribution in [3.63, 3.8) is 0 Å². The Bertz CT molecular complexity index is 832. The molecule has 29 heavy (non-hydrogen) atoms. The number of nitrogens with zero attached hydrogens (tertiary/aromatic N) is 1. The summed E-state index contributed by atoms with van der Waals surface area (Å²) in [7, 11) is 1.58. The number of rotatable bonds is 8. The molecule has 156 valence electrons. The van der Waals surface area contributed by atoms with Crippen molar-refractivity contribution in [2.75, 3.05) is 26.7 Å². The molecule has 1 atom stereocenters. The summed E-state index contributed by atoms with van der Waals surface area (Å²) < 4.78 is 16.7. The van der Waals surface area contributed by atoms with E-state index in [-0.39, 0.29) is 30.1 Å². The van der Waals surface area contributed by atoms with E-state index in [1.54, 1.807) is 24.1 Å². The van der Waals surface area contributed by atoms with Gasteiger partial charge in [0.15, 0.2) is 17.3 Å². The van der Waals surface area contributed by atoms with Crippen LogP contribution in [0.5, 0.6) is 11.5 Å². The predicted octanol–water partition coefficient (Wildman–Crippen LogP) is 3.25. The zero-order valence-electron chi connectivity index (χ0n) is 17.0. The van der Waals surface area contributed by atoms with Gasteiger partial charge in [0.25, 0.3) is 5.91 Å². The molecule has 1 fully saturated rings. The second-order valence-corrected chi connectivity index (χ2v) is 7.09. The van der Waals surface area contributed by atoms with Crippen molar-refractivity contribution < 1.29 is 23.5 Å². The number of ether oxygens (including phenoxy) is 2. The first-order valence-corrected chi connectivity index (χ1v) is 10.0. The van der Waals surface area contributed by atoms with E-state index >= 15 is 0 Å². The quantitative estimate of drug-likeness (QED) is 0.736. The molecule has 1 aliphatic heterocycles. The van der Waals surface area contributed by atoms with E-state index in [9.17, 15) is 9.59 Å². The Kier molecular flexibility index (Phi) is 7.16. The molecular formula is C22H28N2O5. The number of benzene rings is 1. The number of nitrogens with one attached hydrogen (secondary N) is 1. The molecule has 0 spiro atoms. The summed E-state index contributed by atoms with van der Waals surface area (Å²) in [5.74, 6) is 1.72. The van der Waals surface area contributed by atoms with Gasteiger partial charge in [-0.3, -0.25) is 9.59 Å². The number of para-hydroxylation sites is 2. The number of carbonyl (C=O) groups excluding carboxylic acids is 2. The summed E-state index contributed by atoms with van der Waals surface area (Å²) in [5, 5.41) is 2.92. The molecule has 1 unspecified atom stereocenters. The minimum absolute atomic E-state index is 0.0229. The topological polar surface area (TPSA) is 81.0 Å². The van der Waals surface area contributed by atoms with Crippen LogP contribution in [0.3, 0.4) is 0 Å². The van der Waals surface area contributed by atoms with Crippen molar-refractivity contribution in [2.24, 2.45) is 5.92 Å². The fraction of sp³-hybridized carbons (Fsp3) is 0.455.